The summed E-state index contributed by atoms with van der Waals surface area (Å²) in [4.78, 5) is 23.6. The number of carboxylic acids is 1. The molecule has 0 aromatic heterocycles. The highest BCUT2D eigenvalue weighted by molar-refractivity contribution is 5.81. The Balaban J connectivity index is 4.25. The maximum atomic E-state index is 11.8. The van der Waals surface area contributed by atoms with E-state index in [2.05, 4.69) is 0 Å². The summed E-state index contributed by atoms with van der Waals surface area (Å²) in [7, 11) is 1.48. The zero-order chi connectivity index (χ0) is 11.8. The molecule has 0 aliphatic carbocycles. The molecule has 1 atom stereocenters. The van der Waals surface area contributed by atoms with Gasteiger partial charge in [0.2, 0.25) is 0 Å². The van der Waals surface area contributed by atoms with Crippen LogP contribution in [0.5, 0.6) is 0 Å². The SMILES string of the molecule is CCC(OC)C(=O)N(CC)CCC(=O)O. The lowest BCUT2D eigenvalue weighted by Gasteiger charge is -2.24. The van der Waals surface area contributed by atoms with Crippen LogP contribution in [0.25, 0.3) is 0 Å². The van der Waals surface area contributed by atoms with E-state index in [1.54, 1.807) is 0 Å². The molecule has 5 heteroatoms. The summed E-state index contributed by atoms with van der Waals surface area (Å²) in [5.41, 5.74) is 0. The van der Waals surface area contributed by atoms with Crippen LogP contribution in [-0.2, 0) is 14.3 Å². The van der Waals surface area contributed by atoms with E-state index >= 15 is 0 Å². The molecule has 0 fully saturated rings. The van der Waals surface area contributed by atoms with Crippen molar-refractivity contribution >= 4 is 11.9 Å². The van der Waals surface area contributed by atoms with E-state index in [1.165, 1.54) is 12.0 Å². The average Bonchev–Trinajstić information content (AvgIpc) is 2.20. The van der Waals surface area contributed by atoms with Crippen LogP contribution in [0.3, 0.4) is 0 Å². The Morgan fingerprint density at radius 2 is 2.00 bits per heavy atom. The third-order valence-electron chi connectivity index (χ3n) is 2.22. The predicted octanol–water partition coefficient (Wildman–Crippen LogP) is 0.735. The fourth-order valence-corrected chi connectivity index (χ4v) is 1.30. The van der Waals surface area contributed by atoms with Crippen molar-refractivity contribution in [1.82, 2.24) is 4.90 Å². The fraction of sp³-hybridized carbons (Fsp3) is 0.800. The monoisotopic (exact) mass is 217 g/mol. The van der Waals surface area contributed by atoms with E-state index in [9.17, 15) is 9.59 Å². The number of carbonyl (C=O) groups is 2. The molecule has 5 nitrogen and oxygen atoms in total. The summed E-state index contributed by atoms with van der Waals surface area (Å²) in [5, 5.41) is 8.52. The minimum Gasteiger partial charge on any atom is -0.481 e. The number of methoxy groups -OCH3 is 1. The summed E-state index contributed by atoms with van der Waals surface area (Å²) in [6, 6.07) is 0. The Hall–Kier alpha value is -1.10. The molecule has 0 radical (unpaired) electrons. The number of ether oxygens (including phenoxy) is 1. The van der Waals surface area contributed by atoms with Gasteiger partial charge in [-0.05, 0) is 13.3 Å². The molecule has 15 heavy (non-hydrogen) atoms. The largest absolute Gasteiger partial charge is 0.481 e. The molecule has 0 rings (SSSR count). The first kappa shape index (κ1) is 13.9. The van der Waals surface area contributed by atoms with Gasteiger partial charge >= 0.3 is 5.97 Å². The van der Waals surface area contributed by atoms with Crippen molar-refractivity contribution < 1.29 is 19.4 Å². The molecule has 0 aromatic rings. The first-order valence-electron chi connectivity index (χ1n) is 5.10. The van der Waals surface area contributed by atoms with Gasteiger partial charge in [-0.15, -0.1) is 0 Å². The Morgan fingerprint density at radius 3 is 2.33 bits per heavy atom. The zero-order valence-electron chi connectivity index (χ0n) is 9.52. The van der Waals surface area contributed by atoms with E-state index in [-0.39, 0.29) is 18.9 Å². The van der Waals surface area contributed by atoms with Gasteiger partial charge < -0.3 is 14.7 Å². The molecular formula is C10H19NO4. The van der Waals surface area contributed by atoms with Gasteiger partial charge in [-0.2, -0.15) is 0 Å². The van der Waals surface area contributed by atoms with Gasteiger partial charge in [-0.1, -0.05) is 6.92 Å². The van der Waals surface area contributed by atoms with Crippen molar-refractivity contribution in [3.05, 3.63) is 0 Å². The normalized spacial score (nSPS) is 12.2. The van der Waals surface area contributed by atoms with Gasteiger partial charge in [0.25, 0.3) is 5.91 Å². The average molecular weight is 217 g/mol. The quantitative estimate of drug-likeness (QED) is 0.682. The molecule has 0 aromatic carbocycles. The number of nitrogens with zero attached hydrogens (tertiary/aromatic N) is 1. The topological polar surface area (TPSA) is 66.8 Å². The molecule has 1 N–H and O–H groups in total. The Bertz CT molecular complexity index is 213. The van der Waals surface area contributed by atoms with Gasteiger partial charge in [-0.25, -0.2) is 0 Å². The first-order chi connectivity index (χ1) is 7.06. The molecular weight excluding hydrogens is 198 g/mol. The van der Waals surface area contributed by atoms with Crippen molar-refractivity contribution in [1.29, 1.82) is 0 Å². The summed E-state index contributed by atoms with van der Waals surface area (Å²) in [6.07, 6.45) is 0.109. The minimum atomic E-state index is -0.897. The summed E-state index contributed by atoms with van der Waals surface area (Å²) in [6.45, 7) is 4.43. The number of carbonyl (C=O) groups excluding carboxylic acids is 1. The van der Waals surface area contributed by atoms with E-state index in [0.29, 0.717) is 13.0 Å². The van der Waals surface area contributed by atoms with Gasteiger partial charge in [0.05, 0.1) is 6.42 Å². The summed E-state index contributed by atoms with van der Waals surface area (Å²) < 4.78 is 5.01. The van der Waals surface area contributed by atoms with Crippen LogP contribution in [0.4, 0.5) is 0 Å². The number of rotatable bonds is 7. The number of amides is 1. The fourth-order valence-electron chi connectivity index (χ4n) is 1.30. The molecule has 0 saturated heterocycles. The second-order valence-electron chi connectivity index (χ2n) is 3.19. The molecule has 0 heterocycles. The Kier molecular flexibility index (Phi) is 6.70. The molecule has 0 bridgehead atoms. The Morgan fingerprint density at radius 1 is 1.40 bits per heavy atom. The number of aliphatic carboxylic acids is 1. The van der Waals surface area contributed by atoms with Crippen LogP contribution >= 0.6 is 0 Å². The highest BCUT2D eigenvalue weighted by atomic mass is 16.5. The molecule has 0 saturated carbocycles. The molecule has 1 amide bonds. The third-order valence-corrected chi connectivity index (χ3v) is 2.22. The van der Waals surface area contributed by atoms with Gasteiger partial charge in [-0.3, -0.25) is 9.59 Å². The first-order valence-corrected chi connectivity index (χ1v) is 5.10. The van der Waals surface area contributed by atoms with Crippen LogP contribution in [0.2, 0.25) is 0 Å². The van der Waals surface area contributed by atoms with Gasteiger partial charge in [0, 0.05) is 20.2 Å². The van der Waals surface area contributed by atoms with E-state index in [1.807, 2.05) is 13.8 Å². The van der Waals surface area contributed by atoms with Crippen LogP contribution in [-0.4, -0.2) is 48.2 Å². The zero-order valence-corrected chi connectivity index (χ0v) is 9.52. The lowest BCUT2D eigenvalue weighted by Crippen LogP contribution is -2.40. The van der Waals surface area contributed by atoms with Crippen LogP contribution in [0, 0.1) is 0 Å². The summed E-state index contributed by atoms with van der Waals surface area (Å²) in [5.74, 6) is -1.03. The second-order valence-corrected chi connectivity index (χ2v) is 3.19. The number of hydrogen-bond donors (Lipinski definition) is 1. The molecule has 0 aliphatic rings. The smallest absolute Gasteiger partial charge is 0.305 e. The van der Waals surface area contributed by atoms with E-state index < -0.39 is 12.1 Å². The summed E-state index contributed by atoms with van der Waals surface area (Å²) >= 11 is 0. The van der Waals surface area contributed by atoms with Crippen molar-refractivity contribution in [2.75, 3.05) is 20.2 Å². The van der Waals surface area contributed by atoms with E-state index in [0.717, 1.165) is 0 Å². The molecule has 0 aliphatic heterocycles. The molecule has 88 valence electrons. The number of likely N-dealkylation sites (N-methyl/N-ethyl adjacent to an activating group) is 1. The number of carboxylic acid groups (broad SMARTS) is 1. The van der Waals surface area contributed by atoms with Gasteiger partial charge in [0.1, 0.15) is 6.10 Å². The minimum absolute atomic E-state index is 0.0280. The standard InChI is InChI=1S/C10H19NO4/c1-4-8(15-3)10(14)11(5-2)7-6-9(12)13/h8H,4-7H2,1-3H3,(H,12,13). The van der Waals surface area contributed by atoms with Gasteiger partial charge in [0.15, 0.2) is 0 Å². The van der Waals surface area contributed by atoms with Crippen molar-refractivity contribution in [2.24, 2.45) is 0 Å². The van der Waals surface area contributed by atoms with Crippen molar-refractivity contribution in [2.45, 2.75) is 32.8 Å². The van der Waals surface area contributed by atoms with Crippen molar-refractivity contribution in [3.8, 4) is 0 Å². The van der Waals surface area contributed by atoms with Crippen LogP contribution in [0.1, 0.15) is 26.7 Å². The highest BCUT2D eigenvalue weighted by Gasteiger charge is 2.21. The predicted molar refractivity (Wildman–Crippen MR) is 55.6 cm³/mol. The molecule has 1 unspecified atom stereocenters. The second kappa shape index (κ2) is 7.23. The Labute approximate surface area is 90.0 Å². The van der Waals surface area contributed by atoms with E-state index in [4.69, 9.17) is 9.84 Å². The number of hydrogen-bond acceptors (Lipinski definition) is 3. The molecule has 0 spiro atoms. The van der Waals surface area contributed by atoms with Crippen molar-refractivity contribution in [3.63, 3.8) is 0 Å². The maximum absolute atomic E-state index is 11.8. The maximum Gasteiger partial charge on any atom is 0.305 e. The van der Waals surface area contributed by atoms with Crippen LogP contribution in [0.15, 0.2) is 0 Å². The third kappa shape index (κ3) is 4.78. The lowest BCUT2D eigenvalue weighted by atomic mass is 10.2. The highest BCUT2D eigenvalue weighted by Crippen LogP contribution is 2.03. The lowest BCUT2D eigenvalue weighted by molar-refractivity contribution is -0.143. The van der Waals surface area contributed by atoms with Crippen LogP contribution < -0.4 is 0 Å².